The van der Waals surface area contributed by atoms with Gasteiger partial charge in [0.15, 0.2) is 9.84 Å². The van der Waals surface area contributed by atoms with Gasteiger partial charge in [0.2, 0.25) is 6.41 Å². The number of carbonyl (C=O) groups excluding carboxylic acids is 1. The number of amides is 1. The summed E-state index contributed by atoms with van der Waals surface area (Å²) in [5, 5.41) is 2.37. The van der Waals surface area contributed by atoms with Gasteiger partial charge in [0.1, 0.15) is 5.75 Å². The molecule has 0 heterocycles. The molecule has 0 fully saturated rings. The van der Waals surface area contributed by atoms with Gasteiger partial charge in [0.05, 0.1) is 12.0 Å². The van der Waals surface area contributed by atoms with Crippen molar-refractivity contribution in [3.05, 3.63) is 18.2 Å². The van der Waals surface area contributed by atoms with Crippen molar-refractivity contribution in [1.82, 2.24) is 0 Å². The van der Waals surface area contributed by atoms with Gasteiger partial charge in [-0.1, -0.05) is 0 Å². The van der Waals surface area contributed by atoms with Gasteiger partial charge in [-0.05, 0) is 12.1 Å². The third kappa shape index (κ3) is 2.95. The molecule has 0 aromatic heterocycles. The molecule has 0 bridgehead atoms. The van der Waals surface area contributed by atoms with E-state index in [9.17, 15) is 13.2 Å². The van der Waals surface area contributed by atoms with Crippen LogP contribution in [-0.2, 0) is 14.6 Å². The van der Waals surface area contributed by atoms with Crippen LogP contribution in [-0.4, -0.2) is 28.2 Å². The number of benzene rings is 1. The molecule has 0 unspecified atom stereocenters. The molecule has 0 aliphatic heterocycles. The molecule has 1 aromatic carbocycles. The summed E-state index contributed by atoms with van der Waals surface area (Å²) < 4.78 is 27.5. The van der Waals surface area contributed by atoms with Gasteiger partial charge < -0.3 is 10.1 Å². The second-order valence-electron chi connectivity index (χ2n) is 2.93. The monoisotopic (exact) mass is 229 g/mol. The Hall–Kier alpha value is -1.56. The number of hydrogen-bond acceptors (Lipinski definition) is 4. The number of carbonyl (C=O) groups is 1. The largest absolute Gasteiger partial charge is 0.497 e. The summed E-state index contributed by atoms with van der Waals surface area (Å²) >= 11 is 0. The minimum Gasteiger partial charge on any atom is -0.497 e. The highest BCUT2D eigenvalue weighted by Crippen LogP contribution is 2.23. The Labute approximate surface area is 88.0 Å². The van der Waals surface area contributed by atoms with E-state index in [1.165, 1.54) is 25.3 Å². The zero-order chi connectivity index (χ0) is 11.5. The summed E-state index contributed by atoms with van der Waals surface area (Å²) in [5.74, 6) is 0.377. The van der Waals surface area contributed by atoms with E-state index >= 15 is 0 Å². The van der Waals surface area contributed by atoms with E-state index in [1.807, 2.05) is 0 Å². The fraction of sp³-hybridized carbons (Fsp3) is 0.222. The van der Waals surface area contributed by atoms with Crippen molar-refractivity contribution in [2.75, 3.05) is 18.7 Å². The van der Waals surface area contributed by atoms with E-state index in [1.54, 1.807) is 0 Å². The summed E-state index contributed by atoms with van der Waals surface area (Å²) in [6.07, 6.45) is 1.56. The second kappa shape index (κ2) is 4.31. The van der Waals surface area contributed by atoms with Crippen molar-refractivity contribution in [2.24, 2.45) is 0 Å². The molecule has 1 amide bonds. The average Bonchev–Trinajstić information content (AvgIpc) is 2.16. The van der Waals surface area contributed by atoms with Crippen LogP contribution in [0.4, 0.5) is 5.69 Å². The van der Waals surface area contributed by atoms with Crippen molar-refractivity contribution < 1.29 is 17.9 Å². The van der Waals surface area contributed by atoms with Crippen molar-refractivity contribution in [1.29, 1.82) is 0 Å². The normalized spacial score (nSPS) is 10.8. The summed E-state index contributed by atoms with van der Waals surface area (Å²) in [4.78, 5) is 10.3. The third-order valence-corrected chi connectivity index (χ3v) is 2.86. The molecular formula is C9H11NO4S. The van der Waals surface area contributed by atoms with E-state index in [0.29, 0.717) is 17.8 Å². The Bertz CT molecular complexity index is 467. The fourth-order valence-electron chi connectivity index (χ4n) is 1.06. The summed E-state index contributed by atoms with van der Waals surface area (Å²) in [5.41, 5.74) is 0.379. The standard InChI is InChI=1S/C9H11NO4S/c1-14-8-3-7(10-6-11)4-9(5-8)15(2,12)13/h3-6H,1-2H3,(H,10,11). The lowest BCUT2D eigenvalue weighted by molar-refractivity contribution is -0.105. The molecule has 15 heavy (non-hydrogen) atoms. The smallest absolute Gasteiger partial charge is 0.211 e. The number of rotatable bonds is 4. The van der Waals surface area contributed by atoms with Crippen molar-refractivity contribution in [3.63, 3.8) is 0 Å². The fourth-order valence-corrected chi connectivity index (χ4v) is 1.73. The summed E-state index contributed by atoms with van der Waals surface area (Å²) in [7, 11) is -1.89. The van der Waals surface area contributed by atoms with Crippen LogP contribution in [0.1, 0.15) is 0 Å². The first-order chi connectivity index (χ1) is 6.97. The number of anilines is 1. The molecule has 0 radical (unpaired) electrons. The molecule has 82 valence electrons. The van der Waals surface area contributed by atoms with Crippen LogP contribution >= 0.6 is 0 Å². The molecule has 0 spiro atoms. The van der Waals surface area contributed by atoms with Gasteiger partial charge in [-0.25, -0.2) is 8.42 Å². The Morgan fingerprint density at radius 1 is 1.33 bits per heavy atom. The highest BCUT2D eigenvalue weighted by Gasteiger charge is 2.10. The van der Waals surface area contributed by atoms with Gasteiger partial charge in [0, 0.05) is 18.0 Å². The Kier molecular flexibility index (Phi) is 3.31. The van der Waals surface area contributed by atoms with Crippen molar-refractivity contribution in [2.45, 2.75) is 4.90 Å². The van der Waals surface area contributed by atoms with Crippen LogP contribution in [0.5, 0.6) is 5.75 Å². The maximum absolute atomic E-state index is 11.3. The average molecular weight is 229 g/mol. The van der Waals surface area contributed by atoms with E-state index in [4.69, 9.17) is 4.74 Å². The van der Waals surface area contributed by atoms with Gasteiger partial charge in [0.25, 0.3) is 0 Å². The molecule has 1 N–H and O–H groups in total. The Morgan fingerprint density at radius 3 is 2.47 bits per heavy atom. The molecule has 6 heteroatoms. The van der Waals surface area contributed by atoms with Gasteiger partial charge in [-0.3, -0.25) is 4.79 Å². The quantitative estimate of drug-likeness (QED) is 0.770. The minimum absolute atomic E-state index is 0.103. The first kappa shape index (κ1) is 11.5. The van der Waals surface area contributed by atoms with Crippen molar-refractivity contribution in [3.8, 4) is 5.75 Å². The zero-order valence-electron chi connectivity index (χ0n) is 8.35. The first-order valence-corrected chi connectivity index (χ1v) is 5.96. The lowest BCUT2D eigenvalue weighted by atomic mass is 10.3. The van der Waals surface area contributed by atoms with E-state index < -0.39 is 9.84 Å². The Morgan fingerprint density at radius 2 is 2.00 bits per heavy atom. The number of methoxy groups -OCH3 is 1. The number of sulfone groups is 1. The van der Waals surface area contributed by atoms with E-state index in [0.717, 1.165) is 6.26 Å². The summed E-state index contributed by atoms with van der Waals surface area (Å²) in [6.45, 7) is 0. The van der Waals surface area contributed by atoms with Gasteiger partial charge >= 0.3 is 0 Å². The van der Waals surface area contributed by atoms with Crippen LogP contribution in [0.2, 0.25) is 0 Å². The van der Waals surface area contributed by atoms with Crippen LogP contribution in [0.3, 0.4) is 0 Å². The maximum atomic E-state index is 11.3. The van der Waals surface area contributed by atoms with Crippen LogP contribution in [0.25, 0.3) is 0 Å². The van der Waals surface area contributed by atoms with Gasteiger partial charge in [-0.2, -0.15) is 0 Å². The van der Waals surface area contributed by atoms with Crippen LogP contribution < -0.4 is 10.1 Å². The molecule has 5 nitrogen and oxygen atoms in total. The molecule has 0 saturated carbocycles. The molecule has 1 aromatic rings. The van der Waals surface area contributed by atoms with Gasteiger partial charge in [-0.15, -0.1) is 0 Å². The Balaban J connectivity index is 3.29. The predicted octanol–water partition coefficient (Wildman–Crippen LogP) is 0.667. The highest BCUT2D eigenvalue weighted by molar-refractivity contribution is 7.90. The lowest BCUT2D eigenvalue weighted by Crippen LogP contribution is -2.01. The molecule has 0 atom stereocenters. The maximum Gasteiger partial charge on any atom is 0.211 e. The minimum atomic E-state index is -3.31. The zero-order valence-corrected chi connectivity index (χ0v) is 9.17. The number of ether oxygens (including phenoxy) is 1. The van der Waals surface area contributed by atoms with Crippen LogP contribution in [0, 0.1) is 0 Å². The summed E-state index contributed by atoms with van der Waals surface area (Å²) in [6, 6.07) is 4.29. The van der Waals surface area contributed by atoms with Crippen molar-refractivity contribution >= 4 is 21.9 Å². The third-order valence-electron chi connectivity index (χ3n) is 1.77. The second-order valence-corrected chi connectivity index (χ2v) is 4.95. The molecular weight excluding hydrogens is 218 g/mol. The highest BCUT2D eigenvalue weighted by atomic mass is 32.2. The molecule has 0 saturated heterocycles. The van der Waals surface area contributed by atoms with Crippen LogP contribution in [0.15, 0.2) is 23.1 Å². The van der Waals surface area contributed by atoms with E-state index in [-0.39, 0.29) is 4.90 Å². The van der Waals surface area contributed by atoms with E-state index in [2.05, 4.69) is 5.32 Å². The molecule has 0 aliphatic rings. The topological polar surface area (TPSA) is 72.5 Å². The number of hydrogen-bond donors (Lipinski definition) is 1. The predicted molar refractivity (Wildman–Crippen MR) is 55.8 cm³/mol. The first-order valence-electron chi connectivity index (χ1n) is 4.06. The number of nitrogens with one attached hydrogen (secondary N) is 1. The molecule has 0 aliphatic carbocycles. The molecule has 1 rings (SSSR count). The lowest BCUT2D eigenvalue weighted by Gasteiger charge is -2.06. The SMILES string of the molecule is COc1cc(NC=O)cc(S(C)(=O)=O)c1.